The van der Waals surface area contributed by atoms with E-state index in [0.717, 1.165) is 26.9 Å². The largest absolute Gasteiger partial charge is 0.383 e. The zero-order valence-electron chi connectivity index (χ0n) is 18.7. The third-order valence-corrected chi connectivity index (χ3v) is 5.54. The van der Waals surface area contributed by atoms with Gasteiger partial charge in [-0.1, -0.05) is 18.2 Å². The van der Waals surface area contributed by atoms with Crippen molar-refractivity contribution < 1.29 is 19.1 Å². The molecule has 0 N–H and O–H groups in total. The molecule has 8 heteroatoms. The van der Waals surface area contributed by atoms with Gasteiger partial charge >= 0.3 is 6.03 Å². The number of aromatic nitrogens is 2. The van der Waals surface area contributed by atoms with Gasteiger partial charge in [0.25, 0.3) is 11.8 Å². The Labute approximate surface area is 191 Å². The van der Waals surface area contributed by atoms with Gasteiger partial charge < -0.3 is 9.30 Å². The van der Waals surface area contributed by atoms with Crippen LogP contribution in [0.2, 0.25) is 0 Å². The van der Waals surface area contributed by atoms with Crippen molar-refractivity contribution >= 4 is 29.6 Å². The molecule has 33 heavy (non-hydrogen) atoms. The van der Waals surface area contributed by atoms with Gasteiger partial charge in [-0.25, -0.2) is 9.69 Å². The van der Waals surface area contributed by atoms with Crippen molar-refractivity contribution in [1.29, 1.82) is 0 Å². The van der Waals surface area contributed by atoms with Crippen LogP contribution in [0.5, 0.6) is 0 Å². The van der Waals surface area contributed by atoms with E-state index < -0.39 is 17.8 Å². The van der Waals surface area contributed by atoms with E-state index in [4.69, 9.17) is 4.74 Å². The molecule has 4 rings (SSSR count). The molecule has 0 unspecified atom stereocenters. The molecule has 1 aromatic carbocycles. The van der Waals surface area contributed by atoms with Crippen molar-refractivity contribution in [3.63, 3.8) is 0 Å². The zero-order valence-corrected chi connectivity index (χ0v) is 18.7. The van der Waals surface area contributed by atoms with E-state index in [1.54, 1.807) is 48.8 Å². The predicted molar refractivity (Wildman–Crippen MR) is 124 cm³/mol. The maximum Gasteiger partial charge on any atom is 0.338 e. The summed E-state index contributed by atoms with van der Waals surface area (Å²) in [6, 6.07) is 13.6. The van der Waals surface area contributed by atoms with Gasteiger partial charge in [0, 0.05) is 24.7 Å². The van der Waals surface area contributed by atoms with Gasteiger partial charge in [-0.05, 0) is 55.8 Å². The number of nitrogens with zero attached hydrogens (tertiary/aromatic N) is 4. The number of anilines is 1. The number of methoxy groups -OCH3 is 1. The number of para-hydroxylation sites is 1. The Morgan fingerprint density at radius 1 is 0.970 bits per heavy atom. The molecule has 0 bridgehead atoms. The Kier molecular flexibility index (Phi) is 6.19. The van der Waals surface area contributed by atoms with Crippen LogP contribution in [0.25, 0.3) is 11.8 Å². The van der Waals surface area contributed by atoms with Gasteiger partial charge in [0.15, 0.2) is 0 Å². The molecule has 2 aromatic heterocycles. The zero-order chi connectivity index (χ0) is 23.5. The summed E-state index contributed by atoms with van der Waals surface area (Å²) in [5, 5.41) is 0. The molecule has 0 saturated carbocycles. The molecule has 4 amide bonds. The van der Waals surface area contributed by atoms with E-state index in [2.05, 4.69) is 4.98 Å². The summed E-state index contributed by atoms with van der Waals surface area (Å²) in [4.78, 5) is 45.9. The summed E-state index contributed by atoms with van der Waals surface area (Å²) in [6.07, 6.45) is 5.00. The number of amides is 4. The molecule has 8 nitrogen and oxygen atoms in total. The smallest absolute Gasteiger partial charge is 0.338 e. The standard InChI is InChI=1S/C25H24N4O4/c1-17-14-19(18(2)28(17)21-10-7-11-26-16-21)15-22-23(30)27(12-13-33-3)25(32)29(24(22)31)20-8-5-4-6-9-20/h4-11,14-16H,12-13H2,1-3H3/b22-15-. The summed E-state index contributed by atoms with van der Waals surface area (Å²) in [6.45, 7) is 4.05. The van der Waals surface area contributed by atoms with Crippen LogP contribution in [0.3, 0.4) is 0 Å². The fourth-order valence-corrected chi connectivity index (χ4v) is 3.93. The van der Waals surface area contributed by atoms with Crippen LogP contribution in [0.1, 0.15) is 17.0 Å². The molecular weight excluding hydrogens is 420 g/mol. The summed E-state index contributed by atoms with van der Waals surface area (Å²) >= 11 is 0. The van der Waals surface area contributed by atoms with Gasteiger partial charge in [0.1, 0.15) is 5.57 Å². The van der Waals surface area contributed by atoms with Crippen LogP contribution in [0, 0.1) is 13.8 Å². The van der Waals surface area contributed by atoms with E-state index in [0.29, 0.717) is 11.3 Å². The number of aryl methyl sites for hydroxylation is 1. The van der Waals surface area contributed by atoms with Gasteiger partial charge in [0.05, 0.1) is 30.7 Å². The first-order chi connectivity index (χ1) is 15.9. The molecule has 1 fully saturated rings. The summed E-state index contributed by atoms with van der Waals surface area (Å²) in [5.74, 6) is -1.29. The van der Waals surface area contributed by atoms with Gasteiger partial charge in [0.2, 0.25) is 0 Å². The number of hydrogen-bond acceptors (Lipinski definition) is 5. The molecule has 1 aliphatic rings. The van der Waals surface area contributed by atoms with Gasteiger partial charge in [-0.15, -0.1) is 0 Å². The van der Waals surface area contributed by atoms with Crippen molar-refractivity contribution in [3.8, 4) is 5.69 Å². The van der Waals surface area contributed by atoms with Crippen LogP contribution in [0.15, 0.2) is 66.5 Å². The van der Waals surface area contributed by atoms with Crippen LogP contribution in [-0.2, 0) is 14.3 Å². The van der Waals surface area contributed by atoms with E-state index >= 15 is 0 Å². The number of pyridine rings is 1. The molecule has 0 radical (unpaired) electrons. The molecule has 1 saturated heterocycles. The maximum absolute atomic E-state index is 13.4. The third-order valence-electron chi connectivity index (χ3n) is 5.54. The fraction of sp³-hybridized carbons (Fsp3) is 0.200. The molecule has 3 heterocycles. The van der Waals surface area contributed by atoms with Gasteiger partial charge in [-0.3, -0.25) is 19.5 Å². The average molecular weight is 444 g/mol. The van der Waals surface area contributed by atoms with Crippen molar-refractivity contribution in [1.82, 2.24) is 14.5 Å². The van der Waals surface area contributed by atoms with Crippen LogP contribution in [0.4, 0.5) is 10.5 Å². The minimum Gasteiger partial charge on any atom is -0.383 e. The number of barbiturate groups is 1. The Balaban J connectivity index is 1.81. The summed E-state index contributed by atoms with van der Waals surface area (Å²) in [7, 11) is 1.49. The topological polar surface area (TPSA) is 84.7 Å². The fourth-order valence-electron chi connectivity index (χ4n) is 3.93. The number of carbonyl (C=O) groups is 3. The maximum atomic E-state index is 13.4. The Bertz CT molecular complexity index is 1230. The Morgan fingerprint density at radius 2 is 1.70 bits per heavy atom. The third kappa shape index (κ3) is 4.08. The first-order valence-corrected chi connectivity index (χ1v) is 10.5. The van der Waals surface area contributed by atoms with E-state index in [1.807, 2.05) is 36.6 Å². The Hall–Kier alpha value is -4.04. The second-order valence-corrected chi connectivity index (χ2v) is 7.64. The van der Waals surface area contributed by atoms with E-state index in [1.165, 1.54) is 7.11 Å². The number of carbonyl (C=O) groups excluding carboxylic acids is 3. The quantitative estimate of drug-likeness (QED) is 0.429. The summed E-state index contributed by atoms with van der Waals surface area (Å²) < 4.78 is 7.07. The van der Waals surface area contributed by atoms with Gasteiger partial charge in [-0.2, -0.15) is 0 Å². The number of hydrogen-bond donors (Lipinski definition) is 0. The number of imide groups is 2. The summed E-state index contributed by atoms with van der Waals surface area (Å²) in [5.41, 5.74) is 3.67. The lowest BCUT2D eigenvalue weighted by Crippen LogP contribution is -2.57. The van der Waals surface area contributed by atoms with Crippen molar-refractivity contribution in [3.05, 3.63) is 83.4 Å². The van der Waals surface area contributed by atoms with Crippen LogP contribution >= 0.6 is 0 Å². The highest BCUT2D eigenvalue weighted by Crippen LogP contribution is 2.28. The monoisotopic (exact) mass is 444 g/mol. The highest BCUT2D eigenvalue weighted by atomic mass is 16.5. The first-order valence-electron chi connectivity index (χ1n) is 10.5. The van der Waals surface area contributed by atoms with Crippen molar-refractivity contribution in [2.24, 2.45) is 0 Å². The van der Waals surface area contributed by atoms with Crippen LogP contribution in [-0.4, -0.2) is 52.6 Å². The lowest BCUT2D eigenvalue weighted by Gasteiger charge is -2.33. The molecule has 3 aromatic rings. The number of ether oxygens (including phenoxy) is 1. The molecule has 1 aliphatic heterocycles. The molecule has 168 valence electrons. The minimum atomic E-state index is -0.689. The van der Waals surface area contributed by atoms with Crippen molar-refractivity contribution in [2.45, 2.75) is 13.8 Å². The SMILES string of the molecule is COCCN1C(=O)/C(=C/c2cc(C)n(-c3cccnc3)c2C)C(=O)N(c2ccccc2)C1=O. The normalized spacial score (nSPS) is 15.6. The average Bonchev–Trinajstić information content (AvgIpc) is 3.10. The molecule has 0 aliphatic carbocycles. The highest BCUT2D eigenvalue weighted by Gasteiger charge is 2.42. The number of benzene rings is 1. The second kappa shape index (κ2) is 9.22. The van der Waals surface area contributed by atoms with Crippen LogP contribution < -0.4 is 4.90 Å². The lowest BCUT2D eigenvalue weighted by atomic mass is 10.1. The minimum absolute atomic E-state index is 0.0385. The molecule has 0 spiro atoms. The van der Waals surface area contributed by atoms with E-state index in [9.17, 15) is 14.4 Å². The number of rotatable bonds is 6. The molecule has 0 atom stereocenters. The lowest BCUT2D eigenvalue weighted by molar-refractivity contribution is -0.129. The predicted octanol–water partition coefficient (Wildman–Crippen LogP) is 3.51. The van der Waals surface area contributed by atoms with E-state index in [-0.39, 0.29) is 18.7 Å². The highest BCUT2D eigenvalue weighted by molar-refractivity contribution is 6.39. The number of urea groups is 1. The Morgan fingerprint density at radius 3 is 2.36 bits per heavy atom. The van der Waals surface area contributed by atoms with Crippen molar-refractivity contribution in [2.75, 3.05) is 25.2 Å². The second-order valence-electron chi connectivity index (χ2n) is 7.64. The molecular formula is C25H24N4O4. The first kappa shape index (κ1) is 22.2.